The van der Waals surface area contributed by atoms with E-state index in [2.05, 4.69) is 59.0 Å². The number of imidazole rings is 1. The van der Waals surface area contributed by atoms with Crippen LogP contribution in [-0.2, 0) is 13.1 Å². The summed E-state index contributed by atoms with van der Waals surface area (Å²) in [4.78, 5) is 16.2. The zero-order valence-electron chi connectivity index (χ0n) is 15.0. The van der Waals surface area contributed by atoms with E-state index >= 15 is 0 Å². The van der Waals surface area contributed by atoms with Crippen molar-refractivity contribution in [2.24, 2.45) is 0 Å². The second-order valence-electron chi connectivity index (χ2n) is 6.52. The van der Waals surface area contributed by atoms with Gasteiger partial charge in [-0.2, -0.15) is 10.1 Å². The lowest BCUT2D eigenvalue weighted by atomic mass is 10.1. The zero-order valence-corrected chi connectivity index (χ0v) is 15.0. The fourth-order valence-electron chi connectivity index (χ4n) is 3.11. The summed E-state index contributed by atoms with van der Waals surface area (Å²) in [6.45, 7) is 1.31. The lowest BCUT2D eigenvalue weighted by molar-refractivity contribution is 1.04. The number of rotatable bonds is 6. The molecule has 5 rings (SSSR count). The molecule has 28 heavy (non-hydrogen) atoms. The Balaban J connectivity index is 1.23. The molecule has 8 heteroatoms. The normalized spacial score (nSPS) is 11.1. The average molecular weight is 370 g/mol. The van der Waals surface area contributed by atoms with Crippen molar-refractivity contribution in [3.63, 3.8) is 0 Å². The Morgan fingerprint density at radius 3 is 2.75 bits per heavy atom. The highest BCUT2D eigenvalue weighted by Crippen LogP contribution is 2.15. The van der Waals surface area contributed by atoms with Crippen molar-refractivity contribution in [1.29, 1.82) is 0 Å². The second-order valence-corrected chi connectivity index (χ2v) is 6.52. The van der Waals surface area contributed by atoms with Crippen molar-refractivity contribution in [1.82, 2.24) is 30.1 Å². The summed E-state index contributed by atoms with van der Waals surface area (Å²) in [7, 11) is 0. The quantitative estimate of drug-likeness (QED) is 0.365. The van der Waals surface area contributed by atoms with Gasteiger partial charge in [-0.1, -0.05) is 12.1 Å². The van der Waals surface area contributed by atoms with E-state index < -0.39 is 0 Å². The molecule has 2 aromatic carbocycles. The van der Waals surface area contributed by atoms with E-state index in [-0.39, 0.29) is 0 Å². The van der Waals surface area contributed by atoms with Crippen LogP contribution >= 0.6 is 0 Å². The highest BCUT2D eigenvalue weighted by molar-refractivity contribution is 5.78. The van der Waals surface area contributed by atoms with Gasteiger partial charge in [0.25, 0.3) is 0 Å². The van der Waals surface area contributed by atoms with Crippen LogP contribution in [-0.4, -0.2) is 30.1 Å². The van der Waals surface area contributed by atoms with E-state index in [9.17, 15) is 0 Å². The van der Waals surface area contributed by atoms with Crippen molar-refractivity contribution >= 4 is 33.7 Å². The molecule has 0 aliphatic rings. The molecule has 0 aliphatic heterocycles. The van der Waals surface area contributed by atoms with Crippen molar-refractivity contribution in [2.45, 2.75) is 13.1 Å². The van der Waals surface area contributed by atoms with Gasteiger partial charge in [-0.3, -0.25) is 5.10 Å². The minimum Gasteiger partial charge on any atom is -0.366 e. The number of H-pyrrole nitrogens is 2. The number of hydrogen-bond acceptors (Lipinski definition) is 6. The molecule has 0 atom stereocenters. The summed E-state index contributed by atoms with van der Waals surface area (Å²) in [6, 6.07) is 14.2. The predicted octanol–water partition coefficient (Wildman–Crippen LogP) is 3.45. The van der Waals surface area contributed by atoms with E-state index in [4.69, 9.17) is 0 Å². The van der Waals surface area contributed by atoms with Gasteiger partial charge in [0.1, 0.15) is 5.82 Å². The topological polar surface area (TPSA) is 107 Å². The smallest absolute Gasteiger partial charge is 0.224 e. The predicted molar refractivity (Wildman–Crippen MR) is 109 cm³/mol. The minimum atomic E-state index is 0.583. The molecule has 0 bridgehead atoms. The van der Waals surface area contributed by atoms with E-state index in [0.717, 1.165) is 38.9 Å². The Bertz CT molecular complexity index is 1150. The zero-order chi connectivity index (χ0) is 18.8. The highest BCUT2D eigenvalue weighted by atomic mass is 15.1. The fraction of sp³-hybridized carbons (Fsp3) is 0.100. The van der Waals surface area contributed by atoms with Crippen molar-refractivity contribution < 1.29 is 0 Å². The van der Waals surface area contributed by atoms with Gasteiger partial charge in [-0.15, -0.1) is 0 Å². The maximum atomic E-state index is 4.54. The van der Waals surface area contributed by atoms with Gasteiger partial charge in [0.2, 0.25) is 5.95 Å². The van der Waals surface area contributed by atoms with Crippen LogP contribution in [0.2, 0.25) is 0 Å². The molecule has 3 aromatic heterocycles. The summed E-state index contributed by atoms with van der Waals surface area (Å²) in [6.07, 6.45) is 5.27. The molecule has 0 saturated heterocycles. The van der Waals surface area contributed by atoms with E-state index in [0.29, 0.717) is 19.0 Å². The second kappa shape index (κ2) is 6.99. The molecule has 8 nitrogen and oxygen atoms in total. The van der Waals surface area contributed by atoms with Crippen LogP contribution in [0.1, 0.15) is 11.1 Å². The lowest BCUT2D eigenvalue weighted by Gasteiger charge is -2.09. The van der Waals surface area contributed by atoms with E-state index in [1.54, 1.807) is 12.5 Å². The minimum absolute atomic E-state index is 0.583. The molecular formula is C20H18N8. The van der Waals surface area contributed by atoms with Gasteiger partial charge < -0.3 is 15.6 Å². The fourth-order valence-corrected chi connectivity index (χ4v) is 3.11. The van der Waals surface area contributed by atoms with Crippen LogP contribution in [0.5, 0.6) is 0 Å². The molecule has 0 fully saturated rings. The number of nitrogens with one attached hydrogen (secondary N) is 4. The molecule has 5 aromatic rings. The van der Waals surface area contributed by atoms with Crippen LogP contribution in [0, 0.1) is 0 Å². The SMILES string of the molecule is c1cc(NCc2ccc3[nH]ncc3c2)nc(NCc2ccc3nc[nH]c3c2)n1. The maximum Gasteiger partial charge on any atom is 0.224 e. The third kappa shape index (κ3) is 3.35. The van der Waals surface area contributed by atoms with E-state index in [1.807, 2.05) is 30.5 Å². The standard InChI is InChI=1S/C20H18N8/c1-3-16-15(11-26-28-16)7-13(1)9-22-19-5-6-21-20(27-19)23-10-14-2-4-17-18(8-14)25-12-24-17/h1-8,11-12H,9-10H2,(H,24,25)(H,26,28)(H2,21,22,23,27). The monoisotopic (exact) mass is 370 g/mol. The van der Waals surface area contributed by atoms with Gasteiger partial charge >= 0.3 is 0 Å². The number of anilines is 2. The Morgan fingerprint density at radius 2 is 1.75 bits per heavy atom. The molecule has 0 aliphatic carbocycles. The number of fused-ring (bicyclic) bond motifs is 2. The molecule has 0 spiro atoms. The van der Waals surface area contributed by atoms with Gasteiger partial charge in [-0.05, 0) is 41.5 Å². The van der Waals surface area contributed by atoms with Crippen molar-refractivity contribution in [3.05, 3.63) is 72.3 Å². The maximum absolute atomic E-state index is 4.54. The summed E-state index contributed by atoms with van der Waals surface area (Å²) < 4.78 is 0. The largest absolute Gasteiger partial charge is 0.366 e. The van der Waals surface area contributed by atoms with Gasteiger partial charge in [-0.25, -0.2) is 9.97 Å². The molecule has 3 heterocycles. The first-order chi connectivity index (χ1) is 13.8. The Kier molecular flexibility index (Phi) is 4.06. The van der Waals surface area contributed by atoms with Gasteiger partial charge in [0, 0.05) is 24.7 Å². The van der Waals surface area contributed by atoms with Crippen molar-refractivity contribution in [2.75, 3.05) is 10.6 Å². The van der Waals surface area contributed by atoms with Crippen LogP contribution in [0.4, 0.5) is 11.8 Å². The van der Waals surface area contributed by atoms with Crippen LogP contribution in [0.3, 0.4) is 0 Å². The number of nitrogens with zero attached hydrogens (tertiary/aromatic N) is 4. The number of hydrogen-bond donors (Lipinski definition) is 4. The molecule has 0 radical (unpaired) electrons. The van der Waals surface area contributed by atoms with Crippen LogP contribution < -0.4 is 10.6 Å². The van der Waals surface area contributed by atoms with Crippen molar-refractivity contribution in [3.8, 4) is 0 Å². The molecular weight excluding hydrogens is 352 g/mol. The Labute approximate surface area is 160 Å². The summed E-state index contributed by atoms with van der Waals surface area (Å²) >= 11 is 0. The summed E-state index contributed by atoms with van der Waals surface area (Å²) in [5.41, 5.74) is 5.30. The third-order valence-electron chi connectivity index (χ3n) is 4.57. The first-order valence-electron chi connectivity index (χ1n) is 8.98. The molecule has 0 saturated carbocycles. The van der Waals surface area contributed by atoms with Crippen LogP contribution in [0.25, 0.3) is 21.9 Å². The average Bonchev–Trinajstić information content (AvgIpc) is 3.39. The number of aromatic amines is 2. The summed E-state index contributed by atoms with van der Waals surface area (Å²) in [5.74, 6) is 1.36. The highest BCUT2D eigenvalue weighted by Gasteiger charge is 2.03. The van der Waals surface area contributed by atoms with Gasteiger partial charge in [0.05, 0.1) is 29.1 Å². The Morgan fingerprint density at radius 1 is 0.857 bits per heavy atom. The Hall–Kier alpha value is -3.94. The summed E-state index contributed by atoms with van der Waals surface area (Å²) in [5, 5.41) is 14.7. The first kappa shape index (κ1) is 16.2. The van der Waals surface area contributed by atoms with Crippen LogP contribution in [0.15, 0.2) is 61.2 Å². The molecule has 138 valence electrons. The third-order valence-corrected chi connectivity index (χ3v) is 4.57. The van der Waals surface area contributed by atoms with E-state index in [1.165, 1.54) is 0 Å². The number of aromatic nitrogens is 6. The lowest BCUT2D eigenvalue weighted by Crippen LogP contribution is -2.06. The molecule has 0 amide bonds. The molecule has 0 unspecified atom stereocenters. The molecule has 4 N–H and O–H groups in total. The number of benzene rings is 2. The van der Waals surface area contributed by atoms with Gasteiger partial charge in [0.15, 0.2) is 0 Å². The first-order valence-corrected chi connectivity index (χ1v) is 8.98.